The van der Waals surface area contributed by atoms with E-state index in [0.29, 0.717) is 37.2 Å². The Morgan fingerprint density at radius 1 is 1.65 bits per heavy atom. The maximum absolute atomic E-state index is 11.1. The highest BCUT2D eigenvalue weighted by Gasteiger charge is 2.03. The molecule has 0 saturated heterocycles. The first-order chi connectivity index (χ1) is 8.27. The standard InChI is InChI=1S/C12H15N3O2/c1-2-17-12(16)4-3-6-15-11-9-14-7-5-10(11)8-13/h5,7,9,15H,2-4,6H2,1H3. The number of nitrogens with one attached hydrogen (secondary N) is 1. The molecular weight excluding hydrogens is 218 g/mol. The minimum atomic E-state index is -0.194. The van der Waals surface area contributed by atoms with Gasteiger partial charge in [-0.25, -0.2) is 0 Å². The summed E-state index contributed by atoms with van der Waals surface area (Å²) in [4.78, 5) is 15.0. The lowest BCUT2D eigenvalue weighted by atomic mass is 10.2. The van der Waals surface area contributed by atoms with Crippen LogP contribution in [0.5, 0.6) is 0 Å². The smallest absolute Gasteiger partial charge is 0.305 e. The van der Waals surface area contributed by atoms with E-state index in [4.69, 9.17) is 10.00 Å². The van der Waals surface area contributed by atoms with Gasteiger partial charge in [-0.05, 0) is 19.4 Å². The average Bonchev–Trinajstić information content (AvgIpc) is 2.35. The number of nitrogens with zero attached hydrogens (tertiary/aromatic N) is 2. The molecule has 0 aliphatic heterocycles. The topological polar surface area (TPSA) is 75.0 Å². The summed E-state index contributed by atoms with van der Waals surface area (Å²) >= 11 is 0. The van der Waals surface area contributed by atoms with Crippen molar-refractivity contribution in [1.29, 1.82) is 5.26 Å². The Morgan fingerprint density at radius 3 is 3.18 bits per heavy atom. The van der Waals surface area contributed by atoms with Crippen LogP contribution in [0.3, 0.4) is 0 Å². The molecule has 0 unspecified atom stereocenters. The Labute approximate surface area is 100 Å². The molecule has 0 aromatic carbocycles. The second-order valence-corrected chi connectivity index (χ2v) is 3.37. The molecule has 17 heavy (non-hydrogen) atoms. The molecule has 1 rings (SSSR count). The van der Waals surface area contributed by atoms with Crippen LogP contribution in [0, 0.1) is 11.3 Å². The third-order valence-corrected chi connectivity index (χ3v) is 2.12. The largest absolute Gasteiger partial charge is 0.466 e. The molecule has 5 heteroatoms. The Kier molecular flexibility index (Phi) is 5.52. The lowest BCUT2D eigenvalue weighted by Crippen LogP contribution is -2.08. The normalized spacial score (nSPS) is 9.41. The lowest BCUT2D eigenvalue weighted by molar-refractivity contribution is -0.143. The highest BCUT2D eigenvalue weighted by atomic mass is 16.5. The van der Waals surface area contributed by atoms with E-state index in [9.17, 15) is 4.79 Å². The van der Waals surface area contributed by atoms with E-state index < -0.39 is 0 Å². The molecule has 1 aromatic heterocycles. The molecular formula is C12H15N3O2. The number of esters is 1. The summed E-state index contributed by atoms with van der Waals surface area (Å²) in [6.45, 7) is 2.80. The predicted octanol–water partition coefficient (Wildman–Crippen LogP) is 1.71. The zero-order chi connectivity index (χ0) is 12.5. The van der Waals surface area contributed by atoms with Crippen molar-refractivity contribution >= 4 is 11.7 Å². The van der Waals surface area contributed by atoms with Crippen molar-refractivity contribution in [2.75, 3.05) is 18.5 Å². The van der Waals surface area contributed by atoms with Gasteiger partial charge in [0.15, 0.2) is 0 Å². The molecule has 0 saturated carbocycles. The van der Waals surface area contributed by atoms with Crippen LogP contribution in [0.25, 0.3) is 0 Å². The summed E-state index contributed by atoms with van der Waals surface area (Å²) in [5.74, 6) is -0.194. The van der Waals surface area contributed by atoms with E-state index in [1.54, 1.807) is 25.4 Å². The fraction of sp³-hybridized carbons (Fsp3) is 0.417. The summed E-state index contributed by atoms with van der Waals surface area (Å²) in [5, 5.41) is 11.9. The zero-order valence-electron chi connectivity index (χ0n) is 9.77. The number of carbonyl (C=O) groups excluding carboxylic acids is 1. The summed E-state index contributed by atoms with van der Waals surface area (Å²) in [6, 6.07) is 3.72. The van der Waals surface area contributed by atoms with E-state index in [1.165, 1.54) is 0 Å². The first-order valence-electron chi connectivity index (χ1n) is 5.51. The summed E-state index contributed by atoms with van der Waals surface area (Å²) < 4.78 is 4.81. The Hall–Kier alpha value is -2.09. The lowest BCUT2D eigenvalue weighted by Gasteiger charge is -2.06. The number of rotatable bonds is 6. The van der Waals surface area contributed by atoms with Gasteiger partial charge in [-0.3, -0.25) is 9.78 Å². The quantitative estimate of drug-likeness (QED) is 0.598. The molecule has 0 aliphatic rings. The van der Waals surface area contributed by atoms with Crippen LogP contribution in [-0.4, -0.2) is 24.1 Å². The molecule has 0 radical (unpaired) electrons. The molecule has 0 spiro atoms. The van der Waals surface area contributed by atoms with Gasteiger partial charge < -0.3 is 10.1 Å². The fourth-order valence-electron chi connectivity index (χ4n) is 1.32. The second kappa shape index (κ2) is 7.23. The second-order valence-electron chi connectivity index (χ2n) is 3.37. The SMILES string of the molecule is CCOC(=O)CCCNc1cnccc1C#N. The number of ether oxygens (including phenoxy) is 1. The van der Waals surface area contributed by atoms with Gasteiger partial charge in [-0.15, -0.1) is 0 Å². The summed E-state index contributed by atoms with van der Waals surface area (Å²) in [7, 11) is 0. The van der Waals surface area contributed by atoms with Gasteiger partial charge in [-0.1, -0.05) is 0 Å². The van der Waals surface area contributed by atoms with Gasteiger partial charge >= 0.3 is 5.97 Å². The maximum Gasteiger partial charge on any atom is 0.305 e. The number of nitriles is 1. The predicted molar refractivity (Wildman–Crippen MR) is 63.3 cm³/mol. The van der Waals surface area contributed by atoms with Crippen molar-refractivity contribution in [3.63, 3.8) is 0 Å². The third-order valence-electron chi connectivity index (χ3n) is 2.12. The van der Waals surface area contributed by atoms with Gasteiger partial charge in [-0.2, -0.15) is 5.26 Å². The molecule has 5 nitrogen and oxygen atoms in total. The number of carbonyl (C=O) groups is 1. The first-order valence-corrected chi connectivity index (χ1v) is 5.51. The number of pyridine rings is 1. The maximum atomic E-state index is 11.1. The van der Waals surface area contributed by atoms with Crippen LogP contribution in [0.1, 0.15) is 25.3 Å². The molecule has 0 aliphatic carbocycles. The average molecular weight is 233 g/mol. The van der Waals surface area contributed by atoms with Gasteiger partial charge in [0.1, 0.15) is 6.07 Å². The van der Waals surface area contributed by atoms with Crippen molar-refractivity contribution < 1.29 is 9.53 Å². The van der Waals surface area contributed by atoms with Crippen LogP contribution >= 0.6 is 0 Å². The van der Waals surface area contributed by atoms with E-state index >= 15 is 0 Å². The van der Waals surface area contributed by atoms with E-state index in [2.05, 4.69) is 16.4 Å². The Balaban J connectivity index is 2.32. The molecule has 1 heterocycles. The highest BCUT2D eigenvalue weighted by molar-refractivity contribution is 5.69. The van der Waals surface area contributed by atoms with E-state index in [0.717, 1.165) is 0 Å². The number of aromatic nitrogens is 1. The summed E-state index contributed by atoms with van der Waals surface area (Å²) in [6.07, 6.45) is 4.22. The molecule has 0 bridgehead atoms. The third kappa shape index (κ3) is 4.51. The minimum Gasteiger partial charge on any atom is -0.466 e. The van der Waals surface area contributed by atoms with Crippen molar-refractivity contribution in [3.8, 4) is 6.07 Å². The van der Waals surface area contributed by atoms with Gasteiger partial charge in [0.25, 0.3) is 0 Å². The fourth-order valence-corrected chi connectivity index (χ4v) is 1.32. The Bertz CT molecular complexity index is 412. The van der Waals surface area contributed by atoms with Crippen LogP contribution in [0.2, 0.25) is 0 Å². The zero-order valence-corrected chi connectivity index (χ0v) is 9.77. The van der Waals surface area contributed by atoms with Crippen LogP contribution < -0.4 is 5.32 Å². The minimum absolute atomic E-state index is 0.194. The first kappa shape index (κ1) is 13.0. The van der Waals surface area contributed by atoms with E-state index in [-0.39, 0.29) is 5.97 Å². The molecule has 0 amide bonds. The molecule has 1 N–H and O–H groups in total. The van der Waals surface area contributed by atoms with Gasteiger partial charge in [0.2, 0.25) is 0 Å². The van der Waals surface area contributed by atoms with Crippen LogP contribution in [0.15, 0.2) is 18.5 Å². The molecule has 90 valence electrons. The van der Waals surface area contributed by atoms with Gasteiger partial charge in [0, 0.05) is 19.2 Å². The van der Waals surface area contributed by atoms with Crippen molar-refractivity contribution in [1.82, 2.24) is 4.98 Å². The number of hydrogen-bond acceptors (Lipinski definition) is 5. The molecule has 1 aromatic rings. The van der Waals surface area contributed by atoms with Crippen molar-refractivity contribution in [3.05, 3.63) is 24.0 Å². The summed E-state index contributed by atoms with van der Waals surface area (Å²) in [5.41, 5.74) is 1.25. The van der Waals surface area contributed by atoms with Crippen LogP contribution in [0.4, 0.5) is 5.69 Å². The number of anilines is 1. The van der Waals surface area contributed by atoms with Crippen LogP contribution in [-0.2, 0) is 9.53 Å². The number of hydrogen-bond donors (Lipinski definition) is 1. The highest BCUT2D eigenvalue weighted by Crippen LogP contribution is 2.11. The van der Waals surface area contributed by atoms with Gasteiger partial charge in [0.05, 0.1) is 24.1 Å². The molecule has 0 fully saturated rings. The van der Waals surface area contributed by atoms with Crippen molar-refractivity contribution in [2.45, 2.75) is 19.8 Å². The molecule has 0 atom stereocenters. The monoisotopic (exact) mass is 233 g/mol. The van der Waals surface area contributed by atoms with E-state index in [1.807, 2.05) is 0 Å². The van der Waals surface area contributed by atoms with Crippen molar-refractivity contribution in [2.24, 2.45) is 0 Å². The Morgan fingerprint density at radius 2 is 2.47 bits per heavy atom.